The van der Waals surface area contributed by atoms with Gasteiger partial charge in [-0.05, 0) is 37.6 Å². The van der Waals surface area contributed by atoms with E-state index >= 15 is 0 Å². The van der Waals surface area contributed by atoms with Crippen molar-refractivity contribution >= 4 is 17.5 Å². The van der Waals surface area contributed by atoms with Gasteiger partial charge in [-0.15, -0.1) is 0 Å². The number of hydrogen-bond donors (Lipinski definition) is 3. The number of nitrogens with zero attached hydrogens (tertiary/aromatic N) is 2. The van der Waals surface area contributed by atoms with Gasteiger partial charge in [-0.25, -0.2) is 15.2 Å². The third-order valence-electron chi connectivity index (χ3n) is 2.41. The first-order chi connectivity index (χ1) is 8.58. The van der Waals surface area contributed by atoms with E-state index in [-0.39, 0.29) is 5.82 Å². The van der Waals surface area contributed by atoms with Crippen molar-refractivity contribution in [1.82, 2.24) is 9.97 Å². The van der Waals surface area contributed by atoms with E-state index in [1.165, 1.54) is 6.07 Å². The zero-order valence-electron chi connectivity index (χ0n) is 10.2. The highest BCUT2D eigenvalue weighted by atomic mass is 19.1. The Bertz CT molecular complexity index is 570. The molecule has 94 valence electrons. The first-order valence-corrected chi connectivity index (χ1v) is 5.44. The average Bonchev–Trinajstić information content (AvgIpc) is 2.33. The number of hydrazine groups is 1. The van der Waals surface area contributed by atoms with Crippen LogP contribution in [-0.4, -0.2) is 9.97 Å². The molecule has 0 radical (unpaired) electrons. The summed E-state index contributed by atoms with van der Waals surface area (Å²) in [5.41, 5.74) is 4.50. The van der Waals surface area contributed by atoms with Crippen LogP contribution in [0.15, 0.2) is 24.3 Å². The second-order valence-corrected chi connectivity index (χ2v) is 3.95. The lowest BCUT2D eigenvalue weighted by molar-refractivity contribution is 0.619. The highest BCUT2D eigenvalue weighted by Crippen LogP contribution is 2.19. The maximum atomic E-state index is 13.1. The molecule has 0 aliphatic heterocycles. The van der Waals surface area contributed by atoms with Crippen molar-refractivity contribution in [1.29, 1.82) is 0 Å². The van der Waals surface area contributed by atoms with Crippen LogP contribution in [0.5, 0.6) is 0 Å². The van der Waals surface area contributed by atoms with E-state index in [0.29, 0.717) is 17.3 Å². The van der Waals surface area contributed by atoms with E-state index in [2.05, 4.69) is 20.7 Å². The molecule has 0 unspecified atom stereocenters. The predicted molar refractivity (Wildman–Crippen MR) is 69.0 cm³/mol. The molecule has 0 atom stereocenters. The van der Waals surface area contributed by atoms with Crippen molar-refractivity contribution in [2.45, 2.75) is 13.8 Å². The van der Waals surface area contributed by atoms with Gasteiger partial charge in [0.15, 0.2) is 0 Å². The summed E-state index contributed by atoms with van der Waals surface area (Å²) in [6, 6.07) is 6.55. The van der Waals surface area contributed by atoms with E-state index in [0.717, 1.165) is 11.4 Å². The molecule has 6 heteroatoms. The Morgan fingerprint density at radius 3 is 2.61 bits per heavy atom. The van der Waals surface area contributed by atoms with Crippen LogP contribution in [0.25, 0.3) is 0 Å². The Hall–Kier alpha value is -2.21. The number of rotatable bonds is 3. The lowest BCUT2D eigenvalue weighted by Crippen LogP contribution is -2.11. The standard InChI is InChI=1S/C12H14FN5/c1-7-5-9(3-4-10(7)13)16-11-6-8(2)15-12(17-11)18-14/h3-6H,14H2,1-2H3,(H2,15,16,17,18). The molecular formula is C12H14FN5. The Balaban J connectivity index is 2.27. The first kappa shape index (κ1) is 12.3. The second-order valence-electron chi connectivity index (χ2n) is 3.95. The lowest BCUT2D eigenvalue weighted by Gasteiger charge is -2.09. The molecule has 18 heavy (non-hydrogen) atoms. The van der Waals surface area contributed by atoms with Crippen LogP contribution in [0.2, 0.25) is 0 Å². The van der Waals surface area contributed by atoms with E-state index in [1.807, 2.05) is 6.92 Å². The monoisotopic (exact) mass is 247 g/mol. The summed E-state index contributed by atoms with van der Waals surface area (Å²) in [7, 11) is 0. The predicted octanol–water partition coefficient (Wildman–Crippen LogP) is 2.26. The molecule has 0 saturated heterocycles. The Labute approximate surface area is 104 Å². The second kappa shape index (κ2) is 4.97. The molecule has 1 aromatic heterocycles. The molecule has 0 bridgehead atoms. The fourth-order valence-electron chi connectivity index (χ4n) is 1.57. The van der Waals surface area contributed by atoms with Gasteiger partial charge < -0.3 is 5.32 Å². The number of halogens is 1. The highest BCUT2D eigenvalue weighted by molar-refractivity contribution is 5.58. The lowest BCUT2D eigenvalue weighted by atomic mass is 10.2. The van der Waals surface area contributed by atoms with Crippen LogP contribution in [0.3, 0.4) is 0 Å². The quantitative estimate of drug-likeness (QED) is 0.573. The van der Waals surface area contributed by atoms with E-state index in [4.69, 9.17) is 5.84 Å². The summed E-state index contributed by atoms with van der Waals surface area (Å²) in [5.74, 6) is 5.97. The topological polar surface area (TPSA) is 75.9 Å². The van der Waals surface area contributed by atoms with Crippen molar-refractivity contribution in [2.24, 2.45) is 5.84 Å². The molecule has 2 rings (SSSR count). The number of nitrogens with one attached hydrogen (secondary N) is 2. The van der Waals surface area contributed by atoms with Crippen LogP contribution in [0, 0.1) is 19.7 Å². The van der Waals surface area contributed by atoms with Crippen molar-refractivity contribution in [2.75, 3.05) is 10.7 Å². The van der Waals surface area contributed by atoms with Gasteiger partial charge in [-0.3, -0.25) is 5.43 Å². The third kappa shape index (κ3) is 2.72. The number of hydrogen-bond acceptors (Lipinski definition) is 5. The molecule has 0 aliphatic carbocycles. The van der Waals surface area contributed by atoms with Gasteiger partial charge in [0, 0.05) is 17.4 Å². The Morgan fingerprint density at radius 2 is 1.94 bits per heavy atom. The van der Waals surface area contributed by atoms with Crippen LogP contribution in [0.1, 0.15) is 11.3 Å². The number of anilines is 3. The first-order valence-electron chi connectivity index (χ1n) is 5.44. The smallest absolute Gasteiger partial charge is 0.239 e. The molecule has 0 saturated carbocycles. The summed E-state index contributed by atoms with van der Waals surface area (Å²) in [6.45, 7) is 3.54. The van der Waals surface area contributed by atoms with Gasteiger partial charge in [-0.1, -0.05) is 0 Å². The Morgan fingerprint density at radius 1 is 1.17 bits per heavy atom. The van der Waals surface area contributed by atoms with Crippen molar-refractivity contribution in [3.8, 4) is 0 Å². The van der Waals surface area contributed by atoms with Crippen LogP contribution >= 0.6 is 0 Å². The molecule has 0 fully saturated rings. The molecule has 0 amide bonds. The Kier molecular flexibility index (Phi) is 3.38. The summed E-state index contributed by atoms with van der Waals surface area (Å²) in [6.07, 6.45) is 0. The maximum absolute atomic E-state index is 13.1. The minimum atomic E-state index is -0.233. The van der Waals surface area contributed by atoms with Gasteiger partial charge in [0.1, 0.15) is 11.6 Å². The van der Waals surface area contributed by atoms with E-state index < -0.39 is 0 Å². The average molecular weight is 247 g/mol. The largest absolute Gasteiger partial charge is 0.340 e. The van der Waals surface area contributed by atoms with Crippen LogP contribution < -0.4 is 16.6 Å². The van der Waals surface area contributed by atoms with Gasteiger partial charge in [0.25, 0.3) is 0 Å². The molecule has 0 aliphatic rings. The molecule has 4 N–H and O–H groups in total. The fraction of sp³-hybridized carbons (Fsp3) is 0.167. The van der Waals surface area contributed by atoms with Gasteiger partial charge in [0.2, 0.25) is 5.95 Å². The molecular weight excluding hydrogens is 233 g/mol. The van der Waals surface area contributed by atoms with Crippen LogP contribution in [0.4, 0.5) is 21.8 Å². The summed E-state index contributed by atoms with van der Waals surface area (Å²) >= 11 is 0. The normalized spacial score (nSPS) is 10.2. The number of aromatic nitrogens is 2. The van der Waals surface area contributed by atoms with Gasteiger partial charge >= 0.3 is 0 Å². The van der Waals surface area contributed by atoms with Crippen molar-refractivity contribution in [3.63, 3.8) is 0 Å². The molecule has 2 aromatic rings. The number of aryl methyl sites for hydroxylation is 2. The zero-order valence-corrected chi connectivity index (χ0v) is 10.2. The van der Waals surface area contributed by atoms with Crippen molar-refractivity contribution < 1.29 is 4.39 Å². The maximum Gasteiger partial charge on any atom is 0.239 e. The molecule has 1 aromatic carbocycles. The summed E-state index contributed by atoms with van der Waals surface area (Å²) in [5, 5.41) is 3.07. The SMILES string of the molecule is Cc1cc(Nc2ccc(F)c(C)c2)nc(NN)n1. The zero-order chi connectivity index (χ0) is 13.1. The fourth-order valence-corrected chi connectivity index (χ4v) is 1.57. The van der Waals surface area contributed by atoms with Gasteiger partial charge in [-0.2, -0.15) is 4.98 Å². The van der Waals surface area contributed by atoms with Crippen LogP contribution in [-0.2, 0) is 0 Å². The molecule has 0 spiro atoms. The number of nitrogen functional groups attached to an aromatic ring is 1. The third-order valence-corrected chi connectivity index (χ3v) is 2.41. The summed E-state index contributed by atoms with van der Waals surface area (Å²) < 4.78 is 13.1. The molecule has 5 nitrogen and oxygen atoms in total. The molecule has 1 heterocycles. The van der Waals surface area contributed by atoms with Crippen molar-refractivity contribution in [3.05, 3.63) is 41.3 Å². The number of benzene rings is 1. The summed E-state index contributed by atoms with van der Waals surface area (Å²) in [4.78, 5) is 8.23. The van der Waals surface area contributed by atoms with E-state index in [9.17, 15) is 4.39 Å². The minimum absolute atomic E-state index is 0.233. The van der Waals surface area contributed by atoms with E-state index in [1.54, 1.807) is 25.1 Å². The van der Waals surface area contributed by atoms with Gasteiger partial charge in [0.05, 0.1) is 0 Å². The highest BCUT2D eigenvalue weighted by Gasteiger charge is 2.03. The minimum Gasteiger partial charge on any atom is -0.340 e. The number of nitrogens with two attached hydrogens (primary N) is 1.